The molecule has 164 valence electrons. The van der Waals surface area contributed by atoms with Crippen molar-refractivity contribution < 1.29 is 18.3 Å². The van der Waals surface area contributed by atoms with Crippen LogP contribution in [-0.4, -0.2) is 22.1 Å². The van der Waals surface area contributed by atoms with Crippen LogP contribution in [0, 0.1) is 4.77 Å². The number of carbonyl (C=O) groups excluding carboxylic acids is 1. The number of fused-ring (bicyclic) bond motifs is 1. The van der Waals surface area contributed by atoms with Crippen LogP contribution in [0.15, 0.2) is 53.3 Å². The molecule has 0 aliphatic heterocycles. The first kappa shape index (κ1) is 22.6. The highest BCUT2D eigenvalue weighted by atomic mass is 32.1. The Morgan fingerprint density at radius 3 is 2.74 bits per heavy atom. The molecule has 31 heavy (non-hydrogen) atoms. The number of H-pyrrole nitrogens is 1. The summed E-state index contributed by atoms with van der Waals surface area (Å²) in [5.74, 6) is -0.0654. The molecule has 0 atom stereocenters. The average Bonchev–Trinajstić information content (AvgIpc) is 2.74. The molecule has 0 fully saturated rings. The fraction of sp³-hybridized carbons (Fsp3) is 0.318. The molecule has 2 aromatic carbocycles. The standard InChI is InChI=1S/C22H23F2N3O3S/c23-21(24)30-16-8-6-7-15(13-16)14-25-19(28)11-2-1-5-12-27-20(29)17-9-3-4-10-18(17)26-22(27)31/h3-4,6-10,13,21H,1-2,5,11-12,14H2,(H,25,28)(H,26,31). The summed E-state index contributed by atoms with van der Waals surface area (Å²) in [5.41, 5.74) is 1.28. The fourth-order valence-electron chi connectivity index (χ4n) is 3.25. The lowest BCUT2D eigenvalue weighted by Gasteiger charge is -2.09. The van der Waals surface area contributed by atoms with Gasteiger partial charge in [0.1, 0.15) is 5.75 Å². The maximum atomic E-state index is 12.6. The predicted octanol–water partition coefficient (Wildman–Crippen LogP) is 4.54. The second-order valence-electron chi connectivity index (χ2n) is 7.05. The normalized spacial score (nSPS) is 11.1. The molecule has 0 aliphatic carbocycles. The first-order valence-corrected chi connectivity index (χ1v) is 10.4. The van der Waals surface area contributed by atoms with Gasteiger partial charge in [-0.15, -0.1) is 0 Å². The quantitative estimate of drug-likeness (QED) is 0.354. The minimum atomic E-state index is -2.88. The minimum absolute atomic E-state index is 0.0593. The summed E-state index contributed by atoms with van der Waals surface area (Å²) < 4.78 is 30.8. The Balaban J connectivity index is 1.41. The van der Waals surface area contributed by atoms with Crippen LogP contribution >= 0.6 is 12.2 Å². The number of aromatic amines is 1. The largest absolute Gasteiger partial charge is 0.435 e. The van der Waals surface area contributed by atoms with Crippen molar-refractivity contribution >= 4 is 29.0 Å². The smallest absolute Gasteiger partial charge is 0.387 e. The highest BCUT2D eigenvalue weighted by Crippen LogP contribution is 2.16. The molecule has 1 aromatic heterocycles. The molecular formula is C22H23F2N3O3S. The summed E-state index contributed by atoms with van der Waals surface area (Å²) in [5, 5.41) is 3.36. The lowest BCUT2D eigenvalue weighted by atomic mass is 10.1. The first-order valence-electron chi connectivity index (χ1n) is 9.96. The summed E-state index contributed by atoms with van der Waals surface area (Å²) in [6.45, 7) is -2.16. The number of para-hydroxylation sites is 1. The number of benzene rings is 2. The van der Waals surface area contributed by atoms with Crippen molar-refractivity contribution in [2.75, 3.05) is 0 Å². The summed E-state index contributed by atoms with van der Waals surface area (Å²) in [6.07, 6.45) is 2.49. The number of carbonyl (C=O) groups is 1. The van der Waals surface area contributed by atoms with E-state index in [0.29, 0.717) is 35.1 Å². The van der Waals surface area contributed by atoms with Crippen LogP contribution in [0.25, 0.3) is 10.9 Å². The van der Waals surface area contributed by atoms with Gasteiger partial charge in [-0.1, -0.05) is 30.7 Å². The zero-order valence-corrected chi connectivity index (χ0v) is 17.6. The van der Waals surface area contributed by atoms with Crippen LogP contribution in [0.4, 0.5) is 8.78 Å². The van der Waals surface area contributed by atoms with Gasteiger partial charge in [0.05, 0.1) is 10.9 Å². The summed E-state index contributed by atoms with van der Waals surface area (Å²) in [6, 6.07) is 13.5. The Morgan fingerprint density at radius 2 is 1.94 bits per heavy atom. The van der Waals surface area contributed by atoms with Crippen molar-refractivity contribution in [1.82, 2.24) is 14.9 Å². The zero-order valence-electron chi connectivity index (χ0n) is 16.8. The van der Waals surface area contributed by atoms with Gasteiger partial charge < -0.3 is 15.0 Å². The van der Waals surface area contributed by atoms with Gasteiger partial charge in [-0.3, -0.25) is 14.2 Å². The zero-order chi connectivity index (χ0) is 22.2. The number of aromatic nitrogens is 2. The van der Waals surface area contributed by atoms with Gasteiger partial charge in [-0.25, -0.2) is 0 Å². The highest BCUT2D eigenvalue weighted by Gasteiger charge is 2.07. The Bertz CT molecular complexity index is 1160. The molecule has 3 rings (SSSR count). The van der Waals surface area contributed by atoms with Crippen molar-refractivity contribution in [1.29, 1.82) is 0 Å². The van der Waals surface area contributed by atoms with E-state index in [1.165, 1.54) is 12.1 Å². The van der Waals surface area contributed by atoms with Crippen LogP contribution in [0.5, 0.6) is 5.75 Å². The maximum absolute atomic E-state index is 12.6. The van der Waals surface area contributed by atoms with E-state index >= 15 is 0 Å². The van der Waals surface area contributed by atoms with Gasteiger partial charge in [0.15, 0.2) is 4.77 Å². The number of unbranched alkanes of at least 4 members (excludes halogenated alkanes) is 2. The number of alkyl halides is 2. The third kappa shape index (κ3) is 6.45. The maximum Gasteiger partial charge on any atom is 0.387 e. The Hall–Kier alpha value is -3.07. The molecule has 3 aromatic rings. The molecule has 6 nitrogen and oxygen atoms in total. The van der Waals surface area contributed by atoms with Crippen LogP contribution < -0.4 is 15.6 Å². The Kier molecular flexibility index (Phi) is 7.88. The molecule has 0 bridgehead atoms. The lowest BCUT2D eigenvalue weighted by molar-refractivity contribution is -0.121. The van der Waals surface area contributed by atoms with Crippen molar-refractivity contribution in [3.8, 4) is 5.75 Å². The van der Waals surface area contributed by atoms with Gasteiger partial charge in [-0.05, 0) is 54.9 Å². The van der Waals surface area contributed by atoms with Crippen LogP contribution in [0.2, 0.25) is 0 Å². The van der Waals surface area contributed by atoms with Gasteiger partial charge in [0.2, 0.25) is 5.91 Å². The molecular weight excluding hydrogens is 424 g/mol. The molecule has 0 radical (unpaired) electrons. The molecule has 0 spiro atoms. The number of nitrogens with one attached hydrogen (secondary N) is 2. The third-order valence-electron chi connectivity index (χ3n) is 4.79. The number of amides is 1. The van der Waals surface area contributed by atoms with E-state index in [1.54, 1.807) is 22.8 Å². The number of ether oxygens (including phenoxy) is 1. The van der Waals surface area contributed by atoms with E-state index < -0.39 is 6.61 Å². The number of hydrogen-bond acceptors (Lipinski definition) is 4. The van der Waals surface area contributed by atoms with E-state index in [1.807, 2.05) is 18.2 Å². The SMILES string of the molecule is O=C(CCCCCn1c(=S)[nH]c2ccccc2c1=O)NCc1cccc(OC(F)F)c1. The monoisotopic (exact) mass is 447 g/mol. The number of nitrogens with zero attached hydrogens (tertiary/aromatic N) is 1. The van der Waals surface area contributed by atoms with Crippen LogP contribution in [0.3, 0.4) is 0 Å². The molecule has 0 saturated carbocycles. The summed E-state index contributed by atoms with van der Waals surface area (Å²) in [7, 11) is 0. The first-order chi connectivity index (χ1) is 14.9. The third-order valence-corrected chi connectivity index (χ3v) is 5.11. The Labute approximate surface area is 182 Å². The molecule has 0 unspecified atom stereocenters. The Morgan fingerprint density at radius 1 is 1.13 bits per heavy atom. The van der Waals surface area contributed by atoms with Crippen molar-refractivity contribution in [2.24, 2.45) is 0 Å². The van der Waals surface area contributed by atoms with Gasteiger partial charge in [0, 0.05) is 19.5 Å². The second-order valence-corrected chi connectivity index (χ2v) is 7.43. The fourth-order valence-corrected chi connectivity index (χ4v) is 3.54. The topological polar surface area (TPSA) is 76.1 Å². The van der Waals surface area contributed by atoms with Gasteiger partial charge in [-0.2, -0.15) is 8.78 Å². The minimum Gasteiger partial charge on any atom is -0.435 e. The number of hydrogen-bond donors (Lipinski definition) is 2. The summed E-state index contributed by atoms with van der Waals surface area (Å²) >= 11 is 5.29. The van der Waals surface area contributed by atoms with Gasteiger partial charge in [0.25, 0.3) is 5.56 Å². The highest BCUT2D eigenvalue weighted by molar-refractivity contribution is 7.71. The van der Waals surface area contributed by atoms with E-state index in [2.05, 4.69) is 15.0 Å². The molecule has 1 heterocycles. The van der Waals surface area contributed by atoms with Crippen LogP contribution in [0.1, 0.15) is 31.2 Å². The molecule has 9 heteroatoms. The van der Waals surface area contributed by atoms with E-state index in [9.17, 15) is 18.4 Å². The van der Waals surface area contributed by atoms with Crippen molar-refractivity contribution in [3.05, 3.63) is 69.2 Å². The number of halogens is 2. The predicted molar refractivity (Wildman–Crippen MR) is 117 cm³/mol. The number of rotatable bonds is 10. The van der Waals surface area contributed by atoms with E-state index in [-0.39, 0.29) is 23.8 Å². The molecule has 0 saturated heterocycles. The van der Waals surface area contributed by atoms with E-state index in [4.69, 9.17) is 12.2 Å². The van der Waals surface area contributed by atoms with Crippen molar-refractivity contribution in [2.45, 2.75) is 45.4 Å². The molecule has 0 aliphatic rings. The lowest BCUT2D eigenvalue weighted by Crippen LogP contribution is -2.23. The van der Waals surface area contributed by atoms with Crippen molar-refractivity contribution in [3.63, 3.8) is 0 Å². The molecule has 1 amide bonds. The second kappa shape index (κ2) is 10.8. The van der Waals surface area contributed by atoms with E-state index in [0.717, 1.165) is 18.4 Å². The average molecular weight is 448 g/mol. The van der Waals surface area contributed by atoms with Crippen LogP contribution in [-0.2, 0) is 17.9 Å². The summed E-state index contributed by atoms with van der Waals surface area (Å²) in [4.78, 5) is 27.7. The van der Waals surface area contributed by atoms with Gasteiger partial charge >= 0.3 is 6.61 Å². The molecule has 2 N–H and O–H groups in total.